The van der Waals surface area contributed by atoms with Gasteiger partial charge in [-0.1, -0.05) is 18.1 Å². The van der Waals surface area contributed by atoms with Crippen molar-refractivity contribution in [2.24, 2.45) is 7.05 Å². The van der Waals surface area contributed by atoms with E-state index in [0.29, 0.717) is 17.6 Å². The van der Waals surface area contributed by atoms with Crippen molar-refractivity contribution in [2.45, 2.75) is 26.0 Å². The summed E-state index contributed by atoms with van der Waals surface area (Å²) < 4.78 is 3.87. The third-order valence-electron chi connectivity index (χ3n) is 2.96. The van der Waals surface area contributed by atoms with E-state index in [4.69, 9.17) is 4.84 Å². The molecule has 7 nitrogen and oxygen atoms in total. The number of hydrogen-bond donors (Lipinski definition) is 0. The fourth-order valence-corrected chi connectivity index (χ4v) is 2.16. The zero-order valence-corrected chi connectivity index (χ0v) is 9.58. The molecule has 2 aromatic heterocycles. The molecule has 0 spiro atoms. The molecule has 7 heteroatoms. The van der Waals surface area contributed by atoms with Gasteiger partial charge in [-0.15, -0.1) is 0 Å². The van der Waals surface area contributed by atoms with E-state index >= 15 is 0 Å². The van der Waals surface area contributed by atoms with Crippen LogP contribution >= 0.6 is 0 Å². The van der Waals surface area contributed by atoms with E-state index in [1.165, 1.54) is 10.9 Å². The standard InChI is InChI=1S/C10H12N4O3/c1-3-4-6-13-8-7(12(2)5-11-8)9(15)14(17-6)10(13)16/h5-6H,3-4H2,1-2H3. The Hall–Kier alpha value is -2.05. The summed E-state index contributed by atoms with van der Waals surface area (Å²) in [7, 11) is 1.72. The minimum Gasteiger partial charge on any atom is -0.380 e. The maximum absolute atomic E-state index is 12.0. The molecule has 1 aliphatic heterocycles. The van der Waals surface area contributed by atoms with Crippen molar-refractivity contribution in [3.63, 3.8) is 0 Å². The van der Waals surface area contributed by atoms with Crippen molar-refractivity contribution in [3.8, 4) is 0 Å². The Kier molecular flexibility index (Phi) is 1.92. The molecule has 90 valence electrons. The van der Waals surface area contributed by atoms with Gasteiger partial charge in [-0.05, 0) is 0 Å². The molecule has 17 heavy (non-hydrogen) atoms. The molecule has 2 aromatic rings. The van der Waals surface area contributed by atoms with Gasteiger partial charge in [-0.2, -0.15) is 0 Å². The first-order valence-electron chi connectivity index (χ1n) is 5.51. The Morgan fingerprint density at radius 1 is 1.47 bits per heavy atom. The number of nitrogens with zero attached hydrogens (tertiary/aromatic N) is 4. The van der Waals surface area contributed by atoms with Crippen LogP contribution in [0, 0.1) is 0 Å². The van der Waals surface area contributed by atoms with Crippen LogP contribution < -0.4 is 16.1 Å². The lowest BCUT2D eigenvalue weighted by atomic mass is 10.3. The van der Waals surface area contributed by atoms with Crippen LogP contribution in [0.4, 0.5) is 0 Å². The Labute approximate surface area is 95.8 Å². The summed E-state index contributed by atoms with van der Waals surface area (Å²) in [5.41, 5.74) is -0.0996. The fourth-order valence-electron chi connectivity index (χ4n) is 2.16. The summed E-state index contributed by atoms with van der Waals surface area (Å²) in [6.07, 6.45) is 2.64. The normalized spacial score (nSPS) is 17.6. The lowest BCUT2D eigenvalue weighted by Crippen LogP contribution is -2.34. The van der Waals surface area contributed by atoms with Crippen LogP contribution in [0.2, 0.25) is 0 Å². The SMILES string of the molecule is CCCC1On2c(=O)c3c(ncn3C)n1c2=O. The highest BCUT2D eigenvalue weighted by Gasteiger charge is 2.30. The van der Waals surface area contributed by atoms with Crippen LogP contribution in [0.5, 0.6) is 0 Å². The number of aromatic nitrogens is 4. The first kappa shape index (κ1) is 10.1. The molecule has 3 rings (SSSR count). The summed E-state index contributed by atoms with van der Waals surface area (Å²) in [4.78, 5) is 33.4. The zero-order valence-electron chi connectivity index (χ0n) is 9.58. The molecular formula is C10H12N4O3. The molecule has 0 radical (unpaired) electrons. The number of hydrogen-bond acceptors (Lipinski definition) is 4. The number of fused-ring (bicyclic) bond motifs is 4. The van der Waals surface area contributed by atoms with Gasteiger partial charge in [0.2, 0.25) is 6.23 Å². The second-order valence-corrected chi connectivity index (χ2v) is 4.13. The highest BCUT2D eigenvalue weighted by atomic mass is 16.7. The van der Waals surface area contributed by atoms with Gasteiger partial charge >= 0.3 is 11.2 Å². The van der Waals surface area contributed by atoms with E-state index in [9.17, 15) is 9.59 Å². The average molecular weight is 236 g/mol. The summed E-state index contributed by atoms with van der Waals surface area (Å²) in [6, 6.07) is 0. The first-order valence-corrected chi connectivity index (χ1v) is 5.51. The maximum atomic E-state index is 12.0. The molecule has 0 aromatic carbocycles. The monoisotopic (exact) mass is 236 g/mol. The molecule has 2 bridgehead atoms. The lowest BCUT2D eigenvalue weighted by Gasteiger charge is -2.08. The van der Waals surface area contributed by atoms with E-state index < -0.39 is 17.5 Å². The number of aryl methyl sites for hydroxylation is 1. The molecule has 0 fully saturated rings. The van der Waals surface area contributed by atoms with Gasteiger partial charge in [0, 0.05) is 13.5 Å². The van der Waals surface area contributed by atoms with E-state index in [-0.39, 0.29) is 0 Å². The second-order valence-electron chi connectivity index (χ2n) is 4.13. The van der Waals surface area contributed by atoms with Crippen LogP contribution in [-0.2, 0) is 7.05 Å². The lowest BCUT2D eigenvalue weighted by molar-refractivity contribution is 0.0204. The topological polar surface area (TPSA) is 71.1 Å². The Bertz CT molecular complexity index is 709. The van der Waals surface area contributed by atoms with Crippen molar-refractivity contribution in [2.75, 3.05) is 0 Å². The molecule has 0 saturated carbocycles. The van der Waals surface area contributed by atoms with E-state index in [1.54, 1.807) is 11.6 Å². The summed E-state index contributed by atoms with van der Waals surface area (Å²) in [5.74, 6) is 0. The zero-order chi connectivity index (χ0) is 12.2. The van der Waals surface area contributed by atoms with Gasteiger partial charge < -0.3 is 9.40 Å². The van der Waals surface area contributed by atoms with Gasteiger partial charge in [0.1, 0.15) is 0 Å². The minimum atomic E-state index is -0.445. The highest BCUT2D eigenvalue weighted by Crippen LogP contribution is 2.18. The van der Waals surface area contributed by atoms with Crippen LogP contribution in [0.15, 0.2) is 15.9 Å². The number of imidazole rings is 1. The van der Waals surface area contributed by atoms with Gasteiger partial charge in [-0.3, -0.25) is 4.79 Å². The quantitative estimate of drug-likeness (QED) is 0.713. The van der Waals surface area contributed by atoms with Crippen molar-refractivity contribution >= 4 is 11.2 Å². The van der Waals surface area contributed by atoms with Crippen LogP contribution in [-0.4, -0.2) is 18.8 Å². The van der Waals surface area contributed by atoms with Crippen molar-refractivity contribution in [3.05, 3.63) is 27.2 Å². The molecular weight excluding hydrogens is 224 g/mol. The van der Waals surface area contributed by atoms with E-state index in [2.05, 4.69) is 4.98 Å². The Balaban J connectivity index is 2.42. The maximum Gasteiger partial charge on any atom is 0.369 e. The molecule has 1 unspecified atom stereocenters. The summed E-state index contributed by atoms with van der Waals surface area (Å²) >= 11 is 0. The third kappa shape index (κ3) is 1.13. The summed E-state index contributed by atoms with van der Waals surface area (Å²) in [5, 5.41) is 0. The third-order valence-corrected chi connectivity index (χ3v) is 2.96. The molecule has 1 atom stereocenters. The highest BCUT2D eigenvalue weighted by molar-refractivity contribution is 5.70. The molecule has 0 saturated heterocycles. The van der Waals surface area contributed by atoms with Gasteiger partial charge in [0.25, 0.3) is 0 Å². The molecule has 0 aliphatic carbocycles. The Morgan fingerprint density at radius 2 is 2.24 bits per heavy atom. The first-order chi connectivity index (χ1) is 8.15. The van der Waals surface area contributed by atoms with Gasteiger partial charge in [0.15, 0.2) is 11.2 Å². The van der Waals surface area contributed by atoms with Crippen molar-refractivity contribution in [1.82, 2.24) is 18.8 Å². The van der Waals surface area contributed by atoms with Crippen molar-refractivity contribution < 1.29 is 4.84 Å². The molecule has 3 heterocycles. The van der Waals surface area contributed by atoms with Crippen LogP contribution in [0.25, 0.3) is 11.2 Å². The van der Waals surface area contributed by atoms with Crippen molar-refractivity contribution in [1.29, 1.82) is 0 Å². The number of rotatable bonds is 2. The molecule has 0 amide bonds. The Morgan fingerprint density at radius 3 is 2.94 bits per heavy atom. The minimum absolute atomic E-state index is 0.392. The smallest absolute Gasteiger partial charge is 0.369 e. The van der Waals surface area contributed by atoms with E-state index in [0.717, 1.165) is 11.2 Å². The van der Waals surface area contributed by atoms with Crippen LogP contribution in [0.3, 0.4) is 0 Å². The predicted molar refractivity (Wildman–Crippen MR) is 59.8 cm³/mol. The second kappa shape index (κ2) is 3.22. The largest absolute Gasteiger partial charge is 0.380 e. The fraction of sp³-hybridized carbons (Fsp3) is 0.500. The average Bonchev–Trinajstić information content (AvgIpc) is 2.76. The van der Waals surface area contributed by atoms with E-state index in [1.807, 2.05) is 6.92 Å². The predicted octanol–water partition coefficient (Wildman–Crippen LogP) is -0.362. The van der Waals surface area contributed by atoms with Gasteiger partial charge in [0.05, 0.1) is 6.33 Å². The molecule has 0 N–H and O–H groups in total. The van der Waals surface area contributed by atoms with Crippen LogP contribution in [0.1, 0.15) is 26.0 Å². The summed E-state index contributed by atoms with van der Waals surface area (Å²) in [6.45, 7) is 1.99. The molecule has 1 aliphatic rings. The van der Waals surface area contributed by atoms with Gasteiger partial charge in [-0.25, -0.2) is 14.3 Å².